The van der Waals surface area contributed by atoms with Crippen molar-refractivity contribution < 1.29 is 9.53 Å². The van der Waals surface area contributed by atoms with Crippen LogP contribution in [0.5, 0.6) is 5.75 Å². The van der Waals surface area contributed by atoms with Crippen molar-refractivity contribution in [3.05, 3.63) is 102 Å². The molecule has 4 heteroatoms. The van der Waals surface area contributed by atoms with Crippen molar-refractivity contribution in [1.82, 2.24) is 10.2 Å². The number of hydrogen-bond donors (Lipinski definition) is 1. The monoisotopic (exact) mass is 400 g/mol. The second-order valence-corrected chi connectivity index (χ2v) is 7.77. The van der Waals surface area contributed by atoms with Gasteiger partial charge in [-0.1, -0.05) is 78.9 Å². The summed E-state index contributed by atoms with van der Waals surface area (Å²) in [6.07, 6.45) is 1.24. The Morgan fingerprint density at radius 2 is 1.43 bits per heavy atom. The Morgan fingerprint density at radius 3 is 2.07 bits per heavy atom. The molecule has 0 radical (unpaired) electrons. The van der Waals surface area contributed by atoms with Crippen LogP contribution < -0.4 is 10.1 Å². The highest BCUT2D eigenvalue weighted by Crippen LogP contribution is 2.23. The SMILES string of the molecule is O=C(NC1CCN(Cc2ccccc2)CC1)C(Oc1ccccc1)c1ccccc1. The van der Waals surface area contributed by atoms with E-state index < -0.39 is 6.10 Å². The molecule has 0 saturated carbocycles. The molecule has 1 fully saturated rings. The predicted octanol–water partition coefficient (Wildman–Crippen LogP) is 4.59. The zero-order valence-electron chi connectivity index (χ0n) is 17.1. The molecule has 0 bridgehead atoms. The molecule has 4 rings (SSSR count). The third-order valence-electron chi connectivity index (χ3n) is 5.52. The summed E-state index contributed by atoms with van der Waals surface area (Å²) in [6.45, 7) is 2.93. The van der Waals surface area contributed by atoms with Crippen LogP contribution in [0, 0.1) is 0 Å². The van der Waals surface area contributed by atoms with Crippen molar-refractivity contribution in [3.8, 4) is 5.75 Å². The summed E-state index contributed by atoms with van der Waals surface area (Å²) in [7, 11) is 0. The summed E-state index contributed by atoms with van der Waals surface area (Å²) in [6, 6.07) is 29.9. The average molecular weight is 401 g/mol. The number of benzene rings is 3. The predicted molar refractivity (Wildman–Crippen MR) is 119 cm³/mol. The first-order chi connectivity index (χ1) is 14.8. The summed E-state index contributed by atoms with van der Waals surface area (Å²) < 4.78 is 6.08. The first kappa shape index (κ1) is 20.2. The molecule has 0 spiro atoms. The van der Waals surface area contributed by atoms with Crippen molar-refractivity contribution in [1.29, 1.82) is 0 Å². The van der Waals surface area contributed by atoms with E-state index in [-0.39, 0.29) is 11.9 Å². The van der Waals surface area contributed by atoms with Gasteiger partial charge in [0, 0.05) is 31.2 Å². The van der Waals surface area contributed by atoms with E-state index in [1.807, 2.05) is 66.7 Å². The lowest BCUT2D eigenvalue weighted by Gasteiger charge is -2.33. The van der Waals surface area contributed by atoms with Gasteiger partial charge in [0.15, 0.2) is 0 Å². The lowest BCUT2D eigenvalue weighted by atomic mass is 10.0. The Kier molecular flexibility index (Phi) is 6.78. The maximum atomic E-state index is 13.1. The number of hydrogen-bond acceptors (Lipinski definition) is 3. The zero-order chi connectivity index (χ0) is 20.6. The van der Waals surface area contributed by atoms with Crippen LogP contribution in [0.3, 0.4) is 0 Å². The zero-order valence-corrected chi connectivity index (χ0v) is 17.1. The fraction of sp³-hybridized carbons (Fsp3) is 0.269. The second kappa shape index (κ2) is 10.1. The minimum absolute atomic E-state index is 0.0773. The van der Waals surface area contributed by atoms with Gasteiger partial charge in [-0.2, -0.15) is 0 Å². The number of amides is 1. The summed E-state index contributed by atoms with van der Waals surface area (Å²) in [5.41, 5.74) is 2.20. The number of para-hydroxylation sites is 1. The van der Waals surface area contributed by atoms with Gasteiger partial charge in [-0.3, -0.25) is 9.69 Å². The molecule has 1 atom stereocenters. The average Bonchev–Trinajstić information content (AvgIpc) is 2.81. The molecular formula is C26H28N2O2. The number of piperidine rings is 1. The molecule has 4 nitrogen and oxygen atoms in total. The molecule has 154 valence electrons. The van der Waals surface area contributed by atoms with Crippen molar-refractivity contribution >= 4 is 5.91 Å². The molecule has 1 unspecified atom stereocenters. The molecule has 3 aromatic rings. The van der Waals surface area contributed by atoms with Gasteiger partial charge in [-0.05, 0) is 30.5 Å². The first-order valence-electron chi connectivity index (χ1n) is 10.6. The number of carbonyl (C=O) groups excluding carboxylic acids is 1. The van der Waals surface area contributed by atoms with Gasteiger partial charge in [0.05, 0.1) is 0 Å². The molecule has 3 aromatic carbocycles. The van der Waals surface area contributed by atoms with Crippen molar-refractivity contribution in [2.45, 2.75) is 31.5 Å². The standard InChI is InChI=1S/C26H28N2O2/c29-26(25(22-12-6-2-7-13-22)30-24-14-8-3-9-15-24)27-23-16-18-28(19-17-23)20-21-10-4-1-5-11-21/h1-15,23,25H,16-20H2,(H,27,29). The van der Waals surface area contributed by atoms with E-state index in [1.165, 1.54) is 5.56 Å². The maximum Gasteiger partial charge on any atom is 0.266 e. The van der Waals surface area contributed by atoms with Crippen LogP contribution in [0.4, 0.5) is 0 Å². The number of rotatable bonds is 7. The molecular weight excluding hydrogens is 372 g/mol. The smallest absolute Gasteiger partial charge is 0.266 e. The highest BCUT2D eigenvalue weighted by Gasteiger charge is 2.27. The Bertz CT molecular complexity index is 908. The lowest BCUT2D eigenvalue weighted by Crippen LogP contribution is -2.46. The Balaban J connectivity index is 1.36. The Hall–Kier alpha value is -3.11. The van der Waals surface area contributed by atoms with E-state index in [0.29, 0.717) is 5.75 Å². The van der Waals surface area contributed by atoms with Gasteiger partial charge in [-0.15, -0.1) is 0 Å². The van der Waals surface area contributed by atoms with Gasteiger partial charge < -0.3 is 10.1 Å². The molecule has 1 amide bonds. The minimum Gasteiger partial charge on any atom is -0.476 e. The number of likely N-dealkylation sites (tertiary alicyclic amines) is 1. The number of nitrogens with zero attached hydrogens (tertiary/aromatic N) is 1. The molecule has 1 heterocycles. The summed E-state index contributed by atoms with van der Waals surface area (Å²) >= 11 is 0. The van der Waals surface area contributed by atoms with E-state index in [9.17, 15) is 4.79 Å². The largest absolute Gasteiger partial charge is 0.476 e. The first-order valence-corrected chi connectivity index (χ1v) is 10.6. The second-order valence-electron chi connectivity index (χ2n) is 7.77. The normalized spacial score (nSPS) is 16.0. The summed E-state index contributed by atoms with van der Waals surface area (Å²) in [5, 5.41) is 3.23. The highest BCUT2D eigenvalue weighted by molar-refractivity contribution is 5.82. The lowest BCUT2D eigenvalue weighted by molar-refractivity contribution is -0.129. The quantitative estimate of drug-likeness (QED) is 0.631. The maximum absolute atomic E-state index is 13.1. The molecule has 30 heavy (non-hydrogen) atoms. The van der Waals surface area contributed by atoms with Crippen molar-refractivity contribution in [2.24, 2.45) is 0 Å². The van der Waals surface area contributed by atoms with E-state index in [0.717, 1.165) is 38.0 Å². The van der Waals surface area contributed by atoms with Crippen LogP contribution in [0.15, 0.2) is 91.0 Å². The molecule has 0 aliphatic carbocycles. The number of carbonyl (C=O) groups is 1. The van der Waals surface area contributed by atoms with E-state index in [1.54, 1.807) is 0 Å². The third kappa shape index (κ3) is 5.49. The van der Waals surface area contributed by atoms with Gasteiger partial charge in [0.25, 0.3) is 5.91 Å². The highest BCUT2D eigenvalue weighted by atomic mass is 16.5. The van der Waals surface area contributed by atoms with Crippen LogP contribution in [-0.2, 0) is 11.3 Å². The van der Waals surface area contributed by atoms with Crippen LogP contribution in [0.1, 0.15) is 30.1 Å². The van der Waals surface area contributed by atoms with Gasteiger partial charge in [0.1, 0.15) is 5.75 Å². The molecule has 1 N–H and O–H groups in total. The Labute approximate surface area is 178 Å². The van der Waals surface area contributed by atoms with Gasteiger partial charge in [0.2, 0.25) is 6.10 Å². The fourth-order valence-corrected chi connectivity index (χ4v) is 3.89. The Morgan fingerprint density at radius 1 is 0.867 bits per heavy atom. The summed E-state index contributed by atoms with van der Waals surface area (Å²) in [5.74, 6) is 0.616. The van der Waals surface area contributed by atoms with Crippen LogP contribution in [0.25, 0.3) is 0 Å². The van der Waals surface area contributed by atoms with Crippen LogP contribution in [-0.4, -0.2) is 29.9 Å². The topological polar surface area (TPSA) is 41.6 Å². The fourth-order valence-electron chi connectivity index (χ4n) is 3.89. The van der Waals surface area contributed by atoms with Crippen LogP contribution >= 0.6 is 0 Å². The minimum atomic E-state index is -0.657. The van der Waals surface area contributed by atoms with E-state index >= 15 is 0 Å². The summed E-state index contributed by atoms with van der Waals surface area (Å²) in [4.78, 5) is 15.6. The van der Waals surface area contributed by atoms with E-state index in [4.69, 9.17) is 4.74 Å². The third-order valence-corrected chi connectivity index (χ3v) is 5.52. The number of ether oxygens (including phenoxy) is 1. The van der Waals surface area contributed by atoms with Crippen molar-refractivity contribution in [3.63, 3.8) is 0 Å². The van der Waals surface area contributed by atoms with E-state index in [2.05, 4.69) is 34.5 Å². The molecule has 1 aliphatic rings. The van der Waals surface area contributed by atoms with Crippen LogP contribution in [0.2, 0.25) is 0 Å². The van der Waals surface area contributed by atoms with Gasteiger partial charge in [-0.25, -0.2) is 0 Å². The molecule has 1 aliphatic heterocycles. The molecule has 0 aromatic heterocycles. The van der Waals surface area contributed by atoms with Gasteiger partial charge >= 0.3 is 0 Å². The molecule has 1 saturated heterocycles. The van der Waals surface area contributed by atoms with Crippen molar-refractivity contribution in [2.75, 3.05) is 13.1 Å². The number of nitrogens with one attached hydrogen (secondary N) is 1.